The van der Waals surface area contributed by atoms with Crippen molar-refractivity contribution in [3.05, 3.63) is 53.1 Å². The van der Waals surface area contributed by atoms with Gasteiger partial charge >= 0.3 is 0 Å². The molecule has 0 saturated carbocycles. The smallest absolute Gasteiger partial charge is 0.219 e. The highest BCUT2D eigenvalue weighted by molar-refractivity contribution is 5.76. The molecule has 0 radical (unpaired) electrons. The molecule has 0 saturated heterocycles. The van der Waals surface area contributed by atoms with Crippen molar-refractivity contribution < 1.29 is 19.0 Å². The van der Waals surface area contributed by atoms with Crippen molar-refractivity contribution in [1.82, 2.24) is 10.2 Å². The molecule has 3 rings (SSSR count). The van der Waals surface area contributed by atoms with Crippen LogP contribution < -0.4 is 19.5 Å². The molecular weight excluding hydrogens is 380 g/mol. The van der Waals surface area contributed by atoms with Crippen LogP contribution in [-0.4, -0.2) is 44.7 Å². The molecule has 0 spiro atoms. The van der Waals surface area contributed by atoms with Crippen LogP contribution in [0.2, 0.25) is 0 Å². The van der Waals surface area contributed by atoms with E-state index in [2.05, 4.69) is 41.4 Å². The SMILES string of the molecule is CCC(=O)N[C@@H](C)[C@H]1c2cc(OC)c(OC)cc2CCN1Cc1ccc(OC)cc1. The molecular formula is C24H32N2O4. The van der Waals surface area contributed by atoms with Crippen LogP contribution in [0.4, 0.5) is 0 Å². The van der Waals surface area contributed by atoms with E-state index in [9.17, 15) is 4.79 Å². The molecule has 2 aromatic rings. The molecule has 1 heterocycles. The summed E-state index contributed by atoms with van der Waals surface area (Å²) in [6, 6.07) is 12.3. The third-order valence-electron chi connectivity index (χ3n) is 5.75. The molecule has 162 valence electrons. The van der Waals surface area contributed by atoms with Crippen molar-refractivity contribution in [1.29, 1.82) is 0 Å². The predicted molar refractivity (Wildman–Crippen MR) is 117 cm³/mol. The molecule has 6 nitrogen and oxygen atoms in total. The lowest BCUT2D eigenvalue weighted by molar-refractivity contribution is -0.121. The van der Waals surface area contributed by atoms with Gasteiger partial charge in [0.2, 0.25) is 5.91 Å². The van der Waals surface area contributed by atoms with E-state index in [0.29, 0.717) is 12.2 Å². The van der Waals surface area contributed by atoms with E-state index < -0.39 is 0 Å². The second kappa shape index (κ2) is 9.85. The predicted octanol–water partition coefficient (Wildman–Crippen LogP) is 3.73. The van der Waals surface area contributed by atoms with E-state index in [0.717, 1.165) is 31.0 Å². The van der Waals surface area contributed by atoms with Gasteiger partial charge in [-0.3, -0.25) is 9.69 Å². The molecule has 0 aromatic heterocycles. The zero-order valence-corrected chi connectivity index (χ0v) is 18.5. The molecule has 0 unspecified atom stereocenters. The average Bonchev–Trinajstić information content (AvgIpc) is 2.78. The van der Waals surface area contributed by atoms with Crippen molar-refractivity contribution in [2.24, 2.45) is 0 Å². The van der Waals surface area contributed by atoms with E-state index in [1.54, 1.807) is 21.3 Å². The fourth-order valence-corrected chi connectivity index (χ4v) is 4.19. The van der Waals surface area contributed by atoms with Gasteiger partial charge in [0, 0.05) is 25.6 Å². The van der Waals surface area contributed by atoms with Gasteiger partial charge in [0.05, 0.1) is 27.4 Å². The second-order valence-corrected chi connectivity index (χ2v) is 7.63. The van der Waals surface area contributed by atoms with Crippen LogP contribution in [0.1, 0.15) is 43.0 Å². The number of carbonyl (C=O) groups is 1. The van der Waals surface area contributed by atoms with Gasteiger partial charge in [-0.25, -0.2) is 0 Å². The first-order chi connectivity index (χ1) is 14.5. The van der Waals surface area contributed by atoms with Gasteiger partial charge in [-0.05, 0) is 54.3 Å². The number of fused-ring (bicyclic) bond motifs is 1. The maximum absolute atomic E-state index is 12.1. The third kappa shape index (κ3) is 4.70. The summed E-state index contributed by atoms with van der Waals surface area (Å²) >= 11 is 0. The molecule has 2 aromatic carbocycles. The molecule has 1 N–H and O–H groups in total. The Kier molecular flexibility index (Phi) is 7.21. The lowest BCUT2D eigenvalue weighted by Gasteiger charge is -2.41. The third-order valence-corrected chi connectivity index (χ3v) is 5.75. The Bertz CT molecular complexity index is 866. The number of amides is 1. The van der Waals surface area contributed by atoms with Crippen LogP contribution in [-0.2, 0) is 17.8 Å². The molecule has 0 bridgehead atoms. The minimum absolute atomic E-state index is 0.0335. The Balaban J connectivity index is 1.96. The van der Waals surface area contributed by atoms with E-state index >= 15 is 0 Å². The topological polar surface area (TPSA) is 60.0 Å². The first kappa shape index (κ1) is 22.0. The summed E-state index contributed by atoms with van der Waals surface area (Å²) in [5, 5.41) is 3.17. The quantitative estimate of drug-likeness (QED) is 0.716. The van der Waals surface area contributed by atoms with Crippen molar-refractivity contribution in [2.45, 2.75) is 45.3 Å². The summed E-state index contributed by atoms with van der Waals surface area (Å²) in [4.78, 5) is 14.6. The molecule has 1 aliphatic rings. The normalized spacial score (nSPS) is 17.0. The first-order valence-corrected chi connectivity index (χ1v) is 10.4. The second-order valence-electron chi connectivity index (χ2n) is 7.63. The Morgan fingerprint density at radius 3 is 2.37 bits per heavy atom. The number of carbonyl (C=O) groups excluding carboxylic acids is 1. The minimum Gasteiger partial charge on any atom is -0.497 e. The summed E-state index contributed by atoms with van der Waals surface area (Å²) in [7, 11) is 4.98. The Morgan fingerprint density at radius 2 is 1.77 bits per heavy atom. The monoisotopic (exact) mass is 412 g/mol. The van der Waals surface area contributed by atoms with Crippen LogP contribution in [0.15, 0.2) is 36.4 Å². The van der Waals surface area contributed by atoms with Crippen molar-refractivity contribution in [3.8, 4) is 17.2 Å². The minimum atomic E-state index is -0.0483. The number of hydrogen-bond acceptors (Lipinski definition) is 5. The number of ether oxygens (including phenoxy) is 3. The van der Waals surface area contributed by atoms with Crippen molar-refractivity contribution in [2.75, 3.05) is 27.9 Å². The highest BCUT2D eigenvalue weighted by Gasteiger charge is 2.33. The van der Waals surface area contributed by atoms with Gasteiger partial charge in [0.15, 0.2) is 11.5 Å². The Morgan fingerprint density at radius 1 is 1.10 bits per heavy atom. The fourth-order valence-electron chi connectivity index (χ4n) is 4.19. The number of rotatable bonds is 8. The Labute approximate surface area is 179 Å². The van der Waals surface area contributed by atoms with Gasteiger partial charge in [-0.15, -0.1) is 0 Å². The van der Waals surface area contributed by atoms with Crippen LogP contribution in [0.25, 0.3) is 0 Å². The first-order valence-electron chi connectivity index (χ1n) is 10.4. The van der Waals surface area contributed by atoms with E-state index in [-0.39, 0.29) is 18.0 Å². The summed E-state index contributed by atoms with van der Waals surface area (Å²) in [5.41, 5.74) is 3.62. The van der Waals surface area contributed by atoms with Crippen molar-refractivity contribution >= 4 is 5.91 Å². The van der Waals surface area contributed by atoms with Gasteiger partial charge < -0.3 is 19.5 Å². The largest absolute Gasteiger partial charge is 0.497 e. The summed E-state index contributed by atoms with van der Waals surface area (Å²) < 4.78 is 16.4. The highest BCUT2D eigenvalue weighted by Crippen LogP contribution is 2.40. The number of benzene rings is 2. The number of hydrogen-bond donors (Lipinski definition) is 1. The van der Waals surface area contributed by atoms with E-state index in [4.69, 9.17) is 14.2 Å². The lowest BCUT2D eigenvalue weighted by atomic mass is 9.87. The zero-order chi connectivity index (χ0) is 21.7. The van der Waals surface area contributed by atoms with Gasteiger partial charge in [-0.1, -0.05) is 19.1 Å². The van der Waals surface area contributed by atoms with Crippen LogP contribution in [0.5, 0.6) is 17.2 Å². The maximum atomic E-state index is 12.1. The maximum Gasteiger partial charge on any atom is 0.219 e. The molecule has 2 atom stereocenters. The van der Waals surface area contributed by atoms with Crippen LogP contribution >= 0.6 is 0 Å². The molecule has 0 aliphatic carbocycles. The zero-order valence-electron chi connectivity index (χ0n) is 18.5. The van der Waals surface area contributed by atoms with Gasteiger partial charge in [0.1, 0.15) is 5.75 Å². The van der Waals surface area contributed by atoms with Crippen LogP contribution in [0, 0.1) is 0 Å². The highest BCUT2D eigenvalue weighted by atomic mass is 16.5. The number of methoxy groups -OCH3 is 3. The van der Waals surface area contributed by atoms with Crippen LogP contribution in [0.3, 0.4) is 0 Å². The van der Waals surface area contributed by atoms with Gasteiger partial charge in [-0.2, -0.15) is 0 Å². The molecule has 6 heteroatoms. The van der Waals surface area contributed by atoms with E-state index in [1.165, 1.54) is 16.7 Å². The summed E-state index contributed by atoms with van der Waals surface area (Å²) in [6.45, 7) is 5.63. The molecule has 1 amide bonds. The number of nitrogens with one attached hydrogen (secondary N) is 1. The summed E-state index contributed by atoms with van der Waals surface area (Å²) in [5.74, 6) is 2.35. The standard InChI is InChI=1S/C24H32N2O4/c1-6-23(27)25-16(2)24-20-14-22(30-5)21(29-4)13-18(20)11-12-26(24)15-17-7-9-19(28-3)10-8-17/h7-10,13-14,16,24H,6,11-12,15H2,1-5H3,(H,25,27)/t16-,24-/m0/s1. The Hall–Kier alpha value is -2.73. The van der Waals surface area contributed by atoms with E-state index in [1.807, 2.05) is 19.1 Å². The van der Waals surface area contributed by atoms with Crippen molar-refractivity contribution in [3.63, 3.8) is 0 Å². The number of nitrogens with zero attached hydrogens (tertiary/aromatic N) is 1. The lowest BCUT2D eigenvalue weighted by Crippen LogP contribution is -2.47. The molecule has 30 heavy (non-hydrogen) atoms. The summed E-state index contributed by atoms with van der Waals surface area (Å²) in [6.07, 6.45) is 1.38. The van der Waals surface area contributed by atoms with Gasteiger partial charge in [0.25, 0.3) is 0 Å². The molecule has 1 aliphatic heterocycles. The average molecular weight is 413 g/mol. The fraction of sp³-hybridized carbons (Fsp3) is 0.458. The molecule has 0 fully saturated rings.